The van der Waals surface area contributed by atoms with E-state index in [1.807, 2.05) is 24.3 Å². The summed E-state index contributed by atoms with van der Waals surface area (Å²) in [4.78, 5) is 23.2. The van der Waals surface area contributed by atoms with Crippen LogP contribution in [0.3, 0.4) is 0 Å². The Balaban J connectivity index is 1.98. The number of nitrogens with one attached hydrogen (secondary N) is 1. The fraction of sp³-hybridized carbons (Fsp3) is 0.105. The van der Waals surface area contributed by atoms with Gasteiger partial charge in [0.25, 0.3) is 5.91 Å². The van der Waals surface area contributed by atoms with E-state index in [9.17, 15) is 9.59 Å². The fourth-order valence-electron chi connectivity index (χ4n) is 2.49. The summed E-state index contributed by atoms with van der Waals surface area (Å²) in [5.41, 5.74) is 7.62. The minimum absolute atomic E-state index is 0.0632. The van der Waals surface area contributed by atoms with Gasteiger partial charge in [0.05, 0.1) is 11.4 Å². The lowest BCUT2D eigenvalue weighted by Crippen LogP contribution is -2.28. The van der Waals surface area contributed by atoms with Crippen molar-refractivity contribution in [1.29, 1.82) is 0 Å². The first-order valence-electron chi connectivity index (χ1n) is 8.12. The maximum atomic E-state index is 12.4. The Morgan fingerprint density at radius 3 is 2.19 bits per heavy atom. The molecule has 6 nitrogen and oxygen atoms in total. The van der Waals surface area contributed by atoms with Gasteiger partial charge in [-0.05, 0) is 42.5 Å². The Bertz CT molecular complexity index is 903. The number of benzene rings is 2. The lowest BCUT2D eigenvalue weighted by Gasteiger charge is -2.08. The van der Waals surface area contributed by atoms with Gasteiger partial charge in [-0.25, -0.2) is 4.68 Å². The molecule has 2 aromatic carbocycles. The Labute approximate surface area is 165 Å². The molecule has 3 N–H and O–H groups in total. The second kappa shape index (κ2) is 8.24. The third-order valence-corrected chi connectivity index (χ3v) is 4.31. The maximum Gasteiger partial charge on any atom is 0.271 e. The summed E-state index contributed by atoms with van der Waals surface area (Å²) in [6.45, 7) is 0.151. The normalized spacial score (nSPS) is 10.6. The van der Waals surface area contributed by atoms with E-state index < -0.39 is 5.91 Å². The number of nitrogens with zero attached hydrogens (tertiary/aromatic N) is 2. The van der Waals surface area contributed by atoms with E-state index in [-0.39, 0.29) is 24.6 Å². The molecule has 0 bridgehead atoms. The van der Waals surface area contributed by atoms with Crippen LogP contribution in [-0.4, -0.2) is 28.1 Å². The molecule has 1 heterocycles. The van der Waals surface area contributed by atoms with E-state index in [4.69, 9.17) is 28.9 Å². The third-order valence-electron chi connectivity index (χ3n) is 3.81. The second-order valence-corrected chi connectivity index (χ2v) is 6.66. The van der Waals surface area contributed by atoms with Gasteiger partial charge in [0, 0.05) is 28.6 Å². The van der Waals surface area contributed by atoms with Crippen molar-refractivity contribution in [2.45, 2.75) is 6.42 Å². The van der Waals surface area contributed by atoms with E-state index in [0.29, 0.717) is 15.7 Å². The summed E-state index contributed by atoms with van der Waals surface area (Å²) in [6, 6.07) is 16.0. The topological polar surface area (TPSA) is 90.0 Å². The molecule has 0 radical (unpaired) electrons. The van der Waals surface area contributed by atoms with Crippen LogP contribution in [-0.2, 0) is 4.79 Å². The predicted octanol–water partition coefficient (Wildman–Crippen LogP) is 3.45. The van der Waals surface area contributed by atoms with Crippen molar-refractivity contribution >= 4 is 35.0 Å². The van der Waals surface area contributed by atoms with Crippen LogP contribution < -0.4 is 11.1 Å². The van der Waals surface area contributed by atoms with Crippen molar-refractivity contribution in [3.05, 3.63) is 70.3 Å². The van der Waals surface area contributed by atoms with Crippen molar-refractivity contribution in [3.8, 4) is 16.9 Å². The number of nitrogens with two attached hydrogens (primary N) is 1. The molecular weight excluding hydrogens is 387 g/mol. The Morgan fingerprint density at radius 2 is 1.59 bits per heavy atom. The van der Waals surface area contributed by atoms with Crippen molar-refractivity contribution in [1.82, 2.24) is 15.1 Å². The van der Waals surface area contributed by atoms with E-state index in [1.54, 1.807) is 35.0 Å². The summed E-state index contributed by atoms with van der Waals surface area (Å²) < 4.78 is 1.66. The zero-order valence-electron chi connectivity index (χ0n) is 14.2. The first-order valence-corrected chi connectivity index (χ1v) is 8.88. The van der Waals surface area contributed by atoms with Gasteiger partial charge in [0.15, 0.2) is 5.69 Å². The van der Waals surface area contributed by atoms with Crippen LogP contribution in [0.2, 0.25) is 10.0 Å². The van der Waals surface area contributed by atoms with Crippen molar-refractivity contribution in [3.63, 3.8) is 0 Å². The largest absolute Gasteiger partial charge is 0.370 e. The van der Waals surface area contributed by atoms with Crippen LogP contribution in [0.15, 0.2) is 54.6 Å². The summed E-state index contributed by atoms with van der Waals surface area (Å²) in [7, 11) is 0. The van der Waals surface area contributed by atoms with Gasteiger partial charge >= 0.3 is 0 Å². The molecule has 0 saturated heterocycles. The first kappa shape index (κ1) is 18.9. The Morgan fingerprint density at radius 1 is 1.00 bits per heavy atom. The molecule has 3 rings (SSSR count). The molecule has 1 aromatic heterocycles. The number of hydrogen-bond acceptors (Lipinski definition) is 3. The zero-order chi connectivity index (χ0) is 19.4. The minimum Gasteiger partial charge on any atom is -0.370 e. The van der Waals surface area contributed by atoms with Gasteiger partial charge in [-0.2, -0.15) is 5.10 Å². The molecule has 138 valence electrons. The number of rotatable bonds is 6. The Hall–Kier alpha value is -2.83. The van der Waals surface area contributed by atoms with Crippen LogP contribution in [0.25, 0.3) is 16.9 Å². The Kier molecular flexibility index (Phi) is 5.78. The number of aromatic nitrogens is 2. The molecule has 0 spiro atoms. The summed E-state index contributed by atoms with van der Waals surface area (Å²) >= 11 is 11.9. The number of primary amides is 1. The van der Waals surface area contributed by atoms with E-state index in [1.165, 1.54) is 0 Å². The van der Waals surface area contributed by atoms with Gasteiger partial charge in [-0.3, -0.25) is 9.59 Å². The molecule has 0 atom stereocenters. The number of amides is 2. The molecule has 2 amide bonds. The standard InChI is InChI=1S/C19H16Cl2N4O2/c20-13-3-1-12(2-4-13)17-11-16(19(27)23-10-9-18(22)26)24-25(17)15-7-5-14(21)6-8-15/h1-8,11H,9-10H2,(H2,22,26)(H,23,27). The maximum absolute atomic E-state index is 12.4. The highest BCUT2D eigenvalue weighted by Crippen LogP contribution is 2.26. The smallest absolute Gasteiger partial charge is 0.271 e. The molecule has 0 unspecified atom stereocenters. The number of hydrogen-bond donors (Lipinski definition) is 2. The van der Waals surface area contributed by atoms with Crippen molar-refractivity contribution in [2.75, 3.05) is 6.54 Å². The molecular formula is C19H16Cl2N4O2. The molecule has 0 fully saturated rings. The lowest BCUT2D eigenvalue weighted by molar-refractivity contribution is -0.117. The SMILES string of the molecule is NC(=O)CCNC(=O)c1cc(-c2ccc(Cl)cc2)n(-c2ccc(Cl)cc2)n1. The quantitative estimate of drug-likeness (QED) is 0.661. The molecule has 8 heteroatoms. The zero-order valence-corrected chi connectivity index (χ0v) is 15.7. The van der Waals surface area contributed by atoms with Gasteiger partial charge in [-0.1, -0.05) is 35.3 Å². The number of carbonyl (C=O) groups excluding carboxylic acids is 2. The third kappa shape index (κ3) is 4.67. The highest BCUT2D eigenvalue weighted by molar-refractivity contribution is 6.30. The highest BCUT2D eigenvalue weighted by Gasteiger charge is 2.17. The summed E-state index contributed by atoms with van der Waals surface area (Å²) in [5.74, 6) is -0.872. The average molecular weight is 403 g/mol. The van der Waals surface area contributed by atoms with E-state index in [0.717, 1.165) is 11.3 Å². The average Bonchev–Trinajstić information content (AvgIpc) is 3.08. The molecule has 0 aliphatic heterocycles. The van der Waals surface area contributed by atoms with Gasteiger partial charge < -0.3 is 11.1 Å². The van der Waals surface area contributed by atoms with E-state index in [2.05, 4.69) is 10.4 Å². The van der Waals surface area contributed by atoms with Crippen LogP contribution >= 0.6 is 23.2 Å². The van der Waals surface area contributed by atoms with Crippen LogP contribution in [0.1, 0.15) is 16.9 Å². The molecule has 0 saturated carbocycles. The lowest BCUT2D eigenvalue weighted by atomic mass is 10.1. The van der Waals surface area contributed by atoms with Gasteiger partial charge in [0.1, 0.15) is 0 Å². The summed E-state index contributed by atoms with van der Waals surface area (Å²) in [6.07, 6.45) is 0.0632. The molecule has 0 aliphatic carbocycles. The van der Waals surface area contributed by atoms with Crippen LogP contribution in [0.4, 0.5) is 0 Å². The molecule has 3 aromatic rings. The van der Waals surface area contributed by atoms with Crippen LogP contribution in [0.5, 0.6) is 0 Å². The van der Waals surface area contributed by atoms with Crippen LogP contribution in [0, 0.1) is 0 Å². The van der Waals surface area contributed by atoms with Gasteiger partial charge in [-0.15, -0.1) is 0 Å². The van der Waals surface area contributed by atoms with Gasteiger partial charge in [0.2, 0.25) is 5.91 Å². The number of carbonyl (C=O) groups is 2. The van der Waals surface area contributed by atoms with Crippen molar-refractivity contribution < 1.29 is 9.59 Å². The predicted molar refractivity (Wildman–Crippen MR) is 105 cm³/mol. The van der Waals surface area contributed by atoms with Crippen molar-refractivity contribution in [2.24, 2.45) is 5.73 Å². The summed E-state index contributed by atoms with van der Waals surface area (Å²) in [5, 5.41) is 8.27. The molecule has 0 aliphatic rings. The monoisotopic (exact) mass is 402 g/mol. The highest BCUT2D eigenvalue weighted by atomic mass is 35.5. The fourth-order valence-corrected chi connectivity index (χ4v) is 2.74. The number of halogens is 2. The van der Waals surface area contributed by atoms with E-state index >= 15 is 0 Å². The minimum atomic E-state index is -0.483. The molecule has 27 heavy (non-hydrogen) atoms. The second-order valence-electron chi connectivity index (χ2n) is 5.78. The first-order chi connectivity index (χ1) is 12.9.